The summed E-state index contributed by atoms with van der Waals surface area (Å²) in [6, 6.07) is 10.7. The van der Waals surface area contributed by atoms with E-state index in [-0.39, 0.29) is 11.9 Å². The molecule has 2 heterocycles. The number of allylic oxidation sites excluding steroid dienone is 2. The predicted octanol–water partition coefficient (Wildman–Crippen LogP) is 4.65. The van der Waals surface area contributed by atoms with Gasteiger partial charge in [-0.3, -0.25) is 4.79 Å². The average Bonchev–Trinajstić information content (AvgIpc) is 3.33. The quantitative estimate of drug-likeness (QED) is 0.565. The van der Waals surface area contributed by atoms with Crippen molar-refractivity contribution in [2.24, 2.45) is 5.92 Å². The molecule has 2 N–H and O–H groups in total. The Morgan fingerprint density at radius 2 is 2.22 bits per heavy atom. The van der Waals surface area contributed by atoms with Crippen molar-refractivity contribution in [3.8, 4) is 0 Å². The Morgan fingerprint density at radius 3 is 3.00 bits per heavy atom. The highest BCUT2D eigenvalue weighted by molar-refractivity contribution is 7.12. The molecule has 5 heteroatoms. The van der Waals surface area contributed by atoms with Gasteiger partial charge >= 0.3 is 0 Å². The van der Waals surface area contributed by atoms with Crippen LogP contribution < -0.4 is 10.6 Å². The molecule has 0 fully saturated rings. The van der Waals surface area contributed by atoms with Crippen molar-refractivity contribution in [1.29, 1.82) is 0 Å². The number of amides is 1. The van der Waals surface area contributed by atoms with Gasteiger partial charge in [0.05, 0.1) is 17.3 Å². The van der Waals surface area contributed by atoms with Gasteiger partial charge in [-0.05, 0) is 49.4 Å². The van der Waals surface area contributed by atoms with Crippen LogP contribution in [0.3, 0.4) is 0 Å². The second kappa shape index (κ2) is 7.87. The number of rotatable bonds is 6. The summed E-state index contributed by atoms with van der Waals surface area (Å²) in [6.45, 7) is 3.42. The maximum atomic E-state index is 12.8. The number of anilines is 1. The number of carbonyl (C=O) groups excluding carboxylic acids is 1. The van der Waals surface area contributed by atoms with Crippen LogP contribution in [0.1, 0.15) is 50.5 Å². The summed E-state index contributed by atoms with van der Waals surface area (Å²) < 4.78 is 5.06. The molecule has 27 heavy (non-hydrogen) atoms. The lowest BCUT2D eigenvalue weighted by Gasteiger charge is -2.37. The van der Waals surface area contributed by atoms with Gasteiger partial charge in [0, 0.05) is 35.9 Å². The van der Waals surface area contributed by atoms with E-state index < -0.39 is 0 Å². The number of hydrogen-bond donors (Lipinski definition) is 2. The third-order valence-corrected chi connectivity index (χ3v) is 6.60. The second-order valence-electron chi connectivity index (χ2n) is 7.30. The number of para-hydroxylation sites is 1. The molecule has 4 nitrogen and oxygen atoms in total. The van der Waals surface area contributed by atoms with Crippen molar-refractivity contribution in [1.82, 2.24) is 5.32 Å². The Bertz CT molecular complexity index is 858. The van der Waals surface area contributed by atoms with Crippen LogP contribution in [0.2, 0.25) is 0 Å². The summed E-state index contributed by atoms with van der Waals surface area (Å²) in [5.74, 6) is 0.863. The van der Waals surface area contributed by atoms with Crippen LogP contribution in [0.4, 0.5) is 5.69 Å². The van der Waals surface area contributed by atoms with Crippen LogP contribution in [0.15, 0.2) is 42.5 Å². The lowest BCUT2D eigenvalue weighted by Crippen LogP contribution is -2.32. The third-order valence-electron chi connectivity index (χ3n) is 5.52. The molecule has 3 unspecified atom stereocenters. The van der Waals surface area contributed by atoms with Gasteiger partial charge < -0.3 is 15.4 Å². The van der Waals surface area contributed by atoms with E-state index in [0.717, 1.165) is 24.1 Å². The minimum atomic E-state index is -0.0167. The fourth-order valence-corrected chi connectivity index (χ4v) is 5.23. The van der Waals surface area contributed by atoms with Gasteiger partial charge in [-0.1, -0.05) is 24.3 Å². The second-order valence-corrected chi connectivity index (χ2v) is 8.62. The molecule has 2 aliphatic rings. The molecule has 4 rings (SSSR count). The van der Waals surface area contributed by atoms with E-state index in [9.17, 15) is 4.79 Å². The molecule has 1 aromatic carbocycles. The largest absolute Gasteiger partial charge is 0.385 e. The van der Waals surface area contributed by atoms with Crippen molar-refractivity contribution in [3.63, 3.8) is 0 Å². The Balaban J connectivity index is 1.64. The fraction of sp³-hybridized carbons (Fsp3) is 0.409. The highest BCUT2D eigenvalue weighted by Crippen LogP contribution is 2.51. The summed E-state index contributed by atoms with van der Waals surface area (Å²) in [5, 5.41) is 6.76. The molecule has 0 spiro atoms. The number of fused-ring (bicyclic) bond motifs is 3. The first-order valence-electron chi connectivity index (χ1n) is 9.58. The van der Waals surface area contributed by atoms with Crippen molar-refractivity contribution in [2.75, 3.05) is 25.6 Å². The predicted molar refractivity (Wildman–Crippen MR) is 111 cm³/mol. The van der Waals surface area contributed by atoms with Gasteiger partial charge in [-0.15, -0.1) is 11.3 Å². The van der Waals surface area contributed by atoms with Gasteiger partial charge in [0.1, 0.15) is 0 Å². The zero-order valence-corrected chi connectivity index (χ0v) is 16.6. The minimum absolute atomic E-state index is 0.0167. The standard InChI is InChI=1S/C22H26N2O2S/c1-14-10-11-19(27-14)21-17-8-3-6-15(17)16-7-4-9-18(20(16)24-21)22(25)23-12-5-13-26-2/h3-4,6-7,9-11,15,17,21,24H,5,8,12-13H2,1-2H3,(H,23,25). The van der Waals surface area contributed by atoms with Crippen LogP contribution in [-0.2, 0) is 4.74 Å². The number of ether oxygens (including phenoxy) is 1. The van der Waals surface area contributed by atoms with Gasteiger partial charge in [0.2, 0.25) is 0 Å². The lowest BCUT2D eigenvalue weighted by molar-refractivity contribution is 0.0949. The molecule has 0 saturated heterocycles. The minimum Gasteiger partial charge on any atom is -0.385 e. The van der Waals surface area contributed by atoms with Crippen molar-refractivity contribution >= 4 is 22.9 Å². The Labute approximate surface area is 164 Å². The van der Waals surface area contributed by atoms with Crippen LogP contribution in [0.5, 0.6) is 0 Å². The Kier molecular flexibility index (Phi) is 5.32. The number of methoxy groups -OCH3 is 1. The van der Waals surface area contributed by atoms with E-state index in [1.165, 1.54) is 15.3 Å². The van der Waals surface area contributed by atoms with Gasteiger partial charge in [-0.25, -0.2) is 0 Å². The molecule has 1 amide bonds. The van der Waals surface area contributed by atoms with Crippen LogP contribution in [0.25, 0.3) is 0 Å². The van der Waals surface area contributed by atoms with E-state index in [2.05, 4.69) is 47.9 Å². The average molecular weight is 383 g/mol. The SMILES string of the molecule is COCCCNC(=O)c1cccc2c1NC(c1ccc(C)s1)C1CC=CC21. The molecule has 1 aromatic heterocycles. The van der Waals surface area contributed by atoms with Gasteiger partial charge in [0.15, 0.2) is 0 Å². The smallest absolute Gasteiger partial charge is 0.253 e. The van der Waals surface area contributed by atoms with E-state index in [1.54, 1.807) is 7.11 Å². The number of aryl methyl sites for hydroxylation is 1. The Morgan fingerprint density at radius 1 is 1.33 bits per heavy atom. The molecule has 1 aliphatic heterocycles. The van der Waals surface area contributed by atoms with Crippen molar-refractivity contribution < 1.29 is 9.53 Å². The van der Waals surface area contributed by atoms with Crippen molar-refractivity contribution in [2.45, 2.75) is 31.7 Å². The number of carbonyl (C=O) groups is 1. The van der Waals surface area contributed by atoms with Crippen LogP contribution in [-0.4, -0.2) is 26.2 Å². The molecule has 3 atom stereocenters. The summed E-state index contributed by atoms with van der Waals surface area (Å²) >= 11 is 1.85. The van der Waals surface area contributed by atoms with Crippen LogP contribution in [0, 0.1) is 12.8 Å². The molecule has 2 aromatic rings. The van der Waals surface area contributed by atoms with E-state index in [4.69, 9.17) is 4.74 Å². The molecular formula is C22H26N2O2S. The summed E-state index contributed by atoms with van der Waals surface area (Å²) in [4.78, 5) is 15.5. The summed E-state index contributed by atoms with van der Waals surface area (Å²) in [7, 11) is 1.68. The first-order chi connectivity index (χ1) is 13.2. The molecule has 0 radical (unpaired) electrons. The van der Waals surface area contributed by atoms with Crippen molar-refractivity contribution in [3.05, 3.63) is 63.4 Å². The van der Waals surface area contributed by atoms with Gasteiger partial charge in [-0.2, -0.15) is 0 Å². The number of thiophene rings is 1. The van der Waals surface area contributed by atoms with Crippen LogP contribution >= 0.6 is 11.3 Å². The first-order valence-corrected chi connectivity index (χ1v) is 10.4. The topological polar surface area (TPSA) is 50.4 Å². The molecule has 0 bridgehead atoms. The van der Waals surface area contributed by atoms with E-state index in [1.807, 2.05) is 23.5 Å². The molecular weight excluding hydrogens is 356 g/mol. The maximum absolute atomic E-state index is 12.8. The maximum Gasteiger partial charge on any atom is 0.253 e. The summed E-state index contributed by atoms with van der Waals surface area (Å²) in [6.07, 6.45) is 6.50. The number of nitrogens with one attached hydrogen (secondary N) is 2. The highest BCUT2D eigenvalue weighted by Gasteiger charge is 2.39. The first kappa shape index (κ1) is 18.3. The molecule has 1 aliphatic carbocycles. The monoisotopic (exact) mass is 382 g/mol. The molecule has 0 saturated carbocycles. The van der Waals surface area contributed by atoms with E-state index >= 15 is 0 Å². The Hall–Kier alpha value is -2.11. The summed E-state index contributed by atoms with van der Waals surface area (Å²) in [5.41, 5.74) is 2.97. The molecule has 142 valence electrons. The number of hydrogen-bond acceptors (Lipinski definition) is 4. The normalized spacial score (nSPS) is 22.8. The third kappa shape index (κ3) is 3.54. The highest BCUT2D eigenvalue weighted by atomic mass is 32.1. The zero-order valence-electron chi connectivity index (χ0n) is 15.8. The van der Waals surface area contributed by atoms with Gasteiger partial charge in [0.25, 0.3) is 5.91 Å². The lowest BCUT2D eigenvalue weighted by atomic mass is 9.78. The fourth-order valence-electron chi connectivity index (χ4n) is 4.23. The zero-order chi connectivity index (χ0) is 18.8. The number of benzene rings is 1. The van der Waals surface area contributed by atoms with E-state index in [0.29, 0.717) is 25.0 Å².